The number of carbonyl (C=O) groups is 3. The fourth-order valence-electron chi connectivity index (χ4n) is 3.30. The van der Waals surface area contributed by atoms with Crippen LogP contribution in [-0.4, -0.2) is 41.2 Å². The number of amides is 3. The van der Waals surface area contributed by atoms with Crippen LogP contribution < -0.4 is 10.1 Å². The number of nitro groups is 1. The highest BCUT2D eigenvalue weighted by atomic mass is 16.6. The smallest absolute Gasteiger partial charge is 0.282 e. The van der Waals surface area contributed by atoms with Crippen molar-refractivity contribution in [1.82, 2.24) is 4.90 Å². The van der Waals surface area contributed by atoms with E-state index in [1.807, 2.05) is 0 Å². The first kappa shape index (κ1) is 21.0. The molecule has 0 saturated carbocycles. The molecule has 9 heteroatoms. The lowest BCUT2D eigenvalue weighted by atomic mass is 10.1. The molecule has 0 atom stereocenters. The predicted octanol–water partition coefficient (Wildman–Crippen LogP) is 3.40. The molecule has 3 rings (SSSR count). The molecule has 0 aromatic heterocycles. The van der Waals surface area contributed by atoms with Gasteiger partial charge in [-0.2, -0.15) is 0 Å². The molecule has 0 aliphatic carbocycles. The minimum Gasteiger partial charge on any atom is -0.497 e. The Hall–Kier alpha value is -3.75. The van der Waals surface area contributed by atoms with Crippen LogP contribution in [0.1, 0.15) is 46.4 Å². The van der Waals surface area contributed by atoms with Gasteiger partial charge in [0.2, 0.25) is 5.91 Å². The van der Waals surface area contributed by atoms with Crippen LogP contribution in [0.3, 0.4) is 0 Å². The van der Waals surface area contributed by atoms with E-state index in [-0.39, 0.29) is 29.3 Å². The Morgan fingerprint density at radius 1 is 1.07 bits per heavy atom. The number of nitrogens with one attached hydrogen (secondary N) is 1. The summed E-state index contributed by atoms with van der Waals surface area (Å²) >= 11 is 0. The number of imide groups is 1. The Bertz CT molecular complexity index is 987. The molecule has 2 aromatic carbocycles. The molecule has 0 radical (unpaired) electrons. The van der Waals surface area contributed by atoms with Crippen molar-refractivity contribution >= 4 is 29.1 Å². The van der Waals surface area contributed by atoms with Crippen LogP contribution in [0.2, 0.25) is 0 Å². The number of nitro benzene ring substituents is 1. The van der Waals surface area contributed by atoms with Crippen molar-refractivity contribution < 1.29 is 24.0 Å². The molecule has 0 unspecified atom stereocenters. The zero-order chi connectivity index (χ0) is 21.7. The van der Waals surface area contributed by atoms with Crippen molar-refractivity contribution in [2.24, 2.45) is 0 Å². The zero-order valence-corrected chi connectivity index (χ0v) is 16.4. The highest BCUT2D eigenvalue weighted by Gasteiger charge is 2.40. The molecule has 0 spiro atoms. The normalized spacial score (nSPS) is 12.6. The number of ether oxygens (including phenoxy) is 1. The van der Waals surface area contributed by atoms with Gasteiger partial charge in [0.1, 0.15) is 11.3 Å². The van der Waals surface area contributed by atoms with E-state index in [0.717, 1.165) is 4.90 Å². The van der Waals surface area contributed by atoms with E-state index in [2.05, 4.69) is 5.32 Å². The lowest BCUT2D eigenvalue weighted by Gasteiger charge is -2.13. The van der Waals surface area contributed by atoms with Crippen LogP contribution >= 0.6 is 0 Å². The van der Waals surface area contributed by atoms with E-state index < -0.39 is 16.7 Å². The largest absolute Gasteiger partial charge is 0.497 e. The molecule has 1 N–H and O–H groups in total. The van der Waals surface area contributed by atoms with Gasteiger partial charge >= 0.3 is 0 Å². The van der Waals surface area contributed by atoms with E-state index >= 15 is 0 Å². The van der Waals surface area contributed by atoms with Gasteiger partial charge in [-0.1, -0.05) is 12.5 Å². The van der Waals surface area contributed by atoms with Gasteiger partial charge < -0.3 is 10.1 Å². The lowest BCUT2D eigenvalue weighted by molar-refractivity contribution is -0.385. The fraction of sp³-hybridized carbons (Fsp3) is 0.286. The first-order valence-electron chi connectivity index (χ1n) is 9.50. The third-order valence-electron chi connectivity index (χ3n) is 4.83. The van der Waals surface area contributed by atoms with Crippen molar-refractivity contribution in [2.75, 3.05) is 19.0 Å². The molecule has 30 heavy (non-hydrogen) atoms. The Balaban J connectivity index is 1.45. The quantitative estimate of drug-likeness (QED) is 0.292. The number of carbonyl (C=O) groups excluding carboxylic acids is 3. The monoisotopic (exact) mass is 411 g/mol. The van der Waals surface area contributed by atoms with E-state index in [0.29, 0.717) is 37.1 Å². The maximum Gasteiger partial charge on any atom is 0.282 e. The summed E-state index contributed by atoms with van der Waals surface area (Å²) in [6.07, 6.45) is 2.03. The highest BCUT2D eigenvalue weighted by Crippen LogP contribution is 2.30. The Kier molecular flexibility index (Phi) is 6.41. The third kappa shape index (κ3) is 4.45. The van der Waals surface area contributed by atoms with Gasteiger partial charge in [0.05, 0.1) is 17.6 Å². The van der Waals surface area contributed by atoms with Crippen molar-refractivity contribution in [3.63, 3.8) is 0 Å². The van der Waals surface area contributed by atoms with Gasteiger partial charge in [-0.15, -0.1) is 0 Å². The first-order chi connectivity index (χ1) is 14.4. The summed E-state index contributed by atoms with van der Waals surface area (Å²) in [7, 11) is 1.57. The average molecular weight is 411 g/mol. The van der Waals surface area contributed by atoms with Crippen molar-refractivity contribution in [2.45, 2.75) is 25.7 Å². The fourth-order valence-corrected chi connectivity index (χ4v) is 3.30. The number of fused-ring (bicyclic) bond motifs is 1. The summed E-state index contributed by atoms with van der Waals surface area (Å²) in [6, 6.07) is 11.0. The van der Waals surface area contributed by atoms with Crippen LogP contribution in [-0.2, 0) is 4.79 Å². The van der Waals surface area contributed by atoms with Gasteiger partial charge in [-0.25, -0.2) is 0 Å². The van der Waals surface area contributed by atoms with E-state index in [1.54, 1.807) is 31.4 Å². The van der Waals surface area contributed by atoms with Crippen LogP contribution in [0, 0.1) is 10.1 Å². The van der Waals surface area contributed by atoms with Crippen LogP contribution in [0.5, 0.6) is 5.75 Å². The number of hydrogen-bond acceptors (Lipinski definition) is 6. The maximum absolute atomic E-state index is 12.5. The Morgan fingerprint density at radius 3 is 2.47 bits per heavy atom. The highest BCUT2D eigenvalue weighted by molar-refractivity contribution is 6.23. The van der Waals surface area contributed by atoms with Gasteiger partial charge in [-0.3, -0.25) is 29.4 Å². The predicted molar refractivity (Wildman–Crippen MR) is 109 cm³/mol. The lowest BCUT2D eigenvalue weighted by Crippen LogP contribution is -2.30. The minimum atomic E-state index is -0.658. The molecule has 0 saturated heterocycles. The van der Waals surface area contributed by atoms with E-state index in [9.17, 15) is 24.5 Å². The van der Waals surface area contributed by atoms with Crippen molar-refractivity contribution in [3.8, 4) is 5.75 Å². The van der Waals surface area contributed by atoms with E-state index in [4.69, 9.17) is 4.74 Å². The second kappa shape index (κ2) is 9.17. The topological polar surface area (TPSA) is 119 Å². The summed E-state index contributed by atoms with van der Waals surface area (Å²) in [5.41, 5.74) is 0.233. The molecule has 2 aromatic rings. The van der Waals surface area contributed by atoms with Gasteiger partial charge in [0.15, 0.2) is 0 Å². The summed E-state index contributed by atoms with van der Waals surface area (Å²) in [5, 5.41) is 13.9. The van der Waals surface area contributed by atoms with Crippen molar-refractivity contribution in [3.05, 3.63) is 63.7 Å². The minimum absolute atomic E-state index is 0.0630. The zero-order valence-electron chi connectivity index (χ0n) is 16.4. The number of hydrogen-bond donors (Lipinski definition) is 1. The molecule has 3 amide bonds. The molecule has 0 bridgehead atoms. The van der Waals surface area contributed by atoms with Gasteiger partial charge in [0.25, 0.3) is 17.5 Å². The SMILES string of the molecule is COc1ccc(NC(=O)CCCCCN2C(=O)c3cccc([N+](=O)[O-])c3C2=O)cc1. The van der Waals surface area contributed by atoms with Crippen molar-refractivity contribution in [1.29, 1.82) is 0 Å². The second-order valence-electron chi connectivity index (χ2n) is 6.81. The van der Waals surface area contributed by atoms with Crippen LogP contribution in [0.25, 0.3) is 0 Å². The standard InChI is InChI=1S/C21H21N3O6/c1-30-15-11-9-14(10-12-15)22-18(25)8-3-2-4-13-23-20(26)16-6-5-7-17(24(28)29)19(16)21(23)27/h5-7,9-12H,2-4,8,13H2,1H3,(H,22,25). The third-order valence-corrected chi connectivity index (χ3v) is 4.83. The molecule has 1 aliphatic rings. The summed E-state index contributed by atoms with van der Waals surface area (Å²) in [4.78, 5) is 48.4. The number of nitrogens with zero attached hydrogens (tertiary/aromatic N) is 2. The molecule has 156 valence electrons. The number of anilines is 1. The van der Waals surface area contributed by atoms with Gasteiger partial charge in [-0.05, 0) is 43.2 Å². The molecular formula is C21H21N3O6. The summed E-state index contributed by atoms with van der Waals surface area (Å²) < 4.78 is 5.06. The number of methoxy groups -OCH3 is 1. The summed E-state index contributed by atoms with van der Waals surface area (Å²) in [5.74, 6) is -0.585. The van der Waals surface area contributed by atoms with Gasteiger partial charge in [0, 0.05) is 24.7 Å². The van der Waals surface area contributed by atoms with Crippen LogP contribution in [0.15, 0.2) is 42.5 Å². The Labute approximate surface area is 172 Å². The molecule has 0 fully saturated rings. The molecular weight excluding hydrogens is 390 g/mol. The van der Waals surface area contributed by atoms with E-state index in [1.165, 1.54) is 18.2 Å². The van der Waals surface area contributed by atoms with Crippen LogP contribution in [0.4, 0.5) is 11.4 Å². The second-order valence-corrected chi connectivity index (χ2v) is 6.81. The Morgan fingerprint density at radius 2 is 1.80 bits per heavy atom. The average Bonchev–Trinajstić information content (AvgIpc) is 2.98. The molecule has 1 heterocycles. The number of benzene rings is 2. The number of unbranched alkanes of at least 4 members (excludes halogenated alkanes) is 2. The molecule has 9 nitrogen and oxygen atoms in total. The first-order valence-corrected chi connectivity index (χ1v) is 9.50. The maximum atomic E-state index is 12.5. The number of rotatable bonds is 9. The summed E-state index contributed by atoms with van der Waals surface area (Å²) in [6.45, 7) is 0.156. The molecule has 1 aliphatic heterocycles.